The zero-order chi connectivity index (χ0) is 17.5. The minimum absolute atomic E-state index is 0.801. The van der Waals surface area contributed by atoms with Crippen LogP contribution in [0.1, 0.15) is 56.8 Å². The number of hydrogen-bond acceptors (Lipinski definition) is 4. The quantitative estimate of drug-likeness (QED) is 0.551. The molecule has 0 atom stereocenters. The van der Waals surface area contributed by atoms with Crippen LogP contribution in [0.3, 0.4) is 0 Å². The summed E-state index contributed by atoms with van der Waals surface area (Å²) < 4.78 is 1.78. The summed E-state index contributed by atoms with van der Waals surface area (Å²) in [6.45, 7) is 4.18. The number of hydrogen-bond donors (Lipinski definition) is 0. The lowest BCUT2D eigenvalue weighted by Crippen LogP contribution is -1.93. The summed E-state index contributed by atoms with van der Waals surface area (Å²) >= 11 is 0. The maximum atomic E-state index is 4.66. The smallest absolute Gasteiger partial charge is 0.156 e. The van der Waals surface area contributed by atoms with Crippen LogP contribution < -0.4 is 0 Å². The second-order valence-electron chi connectivity index (χ2n) is 6.28. The molecule has 3 aromatic heterocycles. The monoisotopic (exact) mass is 335 g/mol. The van der Waals surface area contributed by atoms with Gasteiger partial charge in [0.2, 0.25) is 0 Å². The van der Waals surface area contributed by atoms with Crippen molar-refractivity contribution in [2.45, 2.75) is 52.4 Å². The Morgan fingerprint density at radius 1 is 1.08 bits per heavy atom. The molecule has 0 aromatic carbocycles. The van der Waals surface area contributed by atoms with Gasteiger partial charge >= 0.3 is 0 Å². The normalized spacial score (nSPS) is 11.6. The summed E-state index contributed by atoms with van der Waals surface area (Å²) in [6, 6.07) is 3.94. The van der Waals surface area contributed by atoms with Crippen LogP contribution in [0.4, 0.5) is 0 Å². The summed E-state index contributed by atoms with van der Waals surface area (Å²) in [7, 11) is 0. The van der Waals surface area contributed by atoms with E-state index in [9.17, 15) is 0 Å². The highest BCUT2D eigenvalue weighted by Gasteiger charge is 2.09. The second-order valence-corrected chi connectivity index (χ2v) is 6.28. The summed E-state index contributed by atoms with van der Waals surface area (Å²) in [5, 5.41) is 4.55. The highest BCUT2D eigenvalue weighted by Crippen LogP contribution is 2.19. The first-order chi connectivity index (χ1) is 12.3. The first-order valence-corrected chi connectivity index (χ1v) is 9.09. The molecule has 0 aliphatic rings. The molecule has 0 N–H and O–H groups in total. The van der Waals surface area contributed by atoms with Crippen LogP contribution in [-0.4, -0.2) is 24.6 Å². The standard InChI is InChI=1S/C20H25N5/c1-3-4-5-6-7-8-9-10-17-11-14-25-19(23-17)15-18(24-25)20-16(2)21-12-13-22-20/h9-15H,3-8H2,1-2H3/b10-9+. The van der Waals surface area contributed by atoms with Crippen molar-refractivity contribution in [3.8, 4) is 11.4 Å². The zero-order valence-electron chi connectivity index (χ0n) is 15.0. The Balaban J connectivity index is 1.67. The molecule has 0 saturated heterocycles. The van der Waals surface area contributed by atoms with Gasteiger partial charge in [-0.3, -0.25) is 9.97 Å². The van der Waals surface area contributed by atoms with Crippen LogP contribution in [0.5, 0.6) is 0 Å². The molecule has 0 unspecified atom stereocenters. The maximum Gasteiger partial charge on any atom is 0.156 e. The van der Waals surface area contributed by atoms with Crippen molar-refractivity contribution < 1.29 is 0 Å². The third kappa shape index (κ3) is 4.50. The minimum Gasteiger partial charge on any atom is -0.258 e. The van der Waals surface area contributed by atoms with Gasteiger partial charge in [0.1, 0.15) is 11.4 Å². The van der Waals surface area contributed by atoms with E-state index in [0.29, 0.717) is 0 Å². The third-order valence-corrected chi connectivity index (χ3v) is 4.23. The molecule has 0 aliphatic carbocycles. The van der Waals surface area contributed by atoms with Crippen LogP contribution in [0.25, 0.3) is 23.1 Å². The van der Waals surface area contributed by atoms with Crippen molar-refractivity contribution in [3.63, 3.8) is 0 Å². The number of fused-ring (bicyclic) bond motifs is 1. The van der Waals surface area contributed by atoms with Crippen molar-refractivity contribution in [2.24, 2.45) is 0 Å². The first-order valence-electron chi connectivity index (χ1n) is 9.09. The average molecular weight is 335 g/mol. The van der Waals surface area contributed by atoms with Gasteiger partial charge in [-0.2, -0.15) is 5.10 Å². The molecule has 0 bridgehead atoms. The van der Waals surface area contributed by atoms with Gasteiger partial charge in [-0.05, 0) is 31.9 Å². The van der Waals surface area contributed by atoms with E-state index < -0.39 is 0 Å². The lowest BCUT2D eigenvalue weighted by molar-refractivity contribution is 0.638. The lowest BCUT2D eigenvalue weighted by atomic mass is 10.1. The molecular formula is C20H25N5. The fraction of sp³-hybridized carbons (Fsp3) is 0.400. The number of rotatable bonds is 8. The summed E-state index contributed by atoms with van der Waals surface area (Å²) in [4.78, 5) is 13.3. The van der Waals surface area contributed by atoms with E-state index >= 15 is 0 Å². The summed E-state index contributed by atoms with van der Waals surface area (Å²) in [5.41, 5.74) is 4.26. The Morgan fingerprint density at radius 2 is 1.92 bits per heavy atom. The van der Waals surface area contributed by atoms with Crippen molar-refractivity contribution >= 4 is 11.7 Å². The van der Waals surface area contributed by atoms with E-state index in [1.807, 2.05) is 25.3 Å². The predicted octanol–water partition coefficient (Wildman–Crippen LogP) is 4.87. The summed E-state index contributed by atoms with van der Waals surface area (Å²) in [6.07, 6.45) is 17.3. The first kappa shape index (κ1) is 17.3. The van der Waals surface area contributed by atoms with Crippen molar-refractivity contribution in [1.29, 1.82) is 0 Å². The molecule has 0 amide bonds. The van der Waals surface area contributed by atoms with Gasteiger partial charge in [0.05, 0.1) is 11.4 Å². The molecule has 3 rings (SSSR count). The van der Waals surface area contributed by atoms with E-state index in [0.717, 1.165) is 34.8 Å². The Morgan fingerprint density at radius 3 is 2.76 bits per heavy atom. The largest absolute Gasteiger partial charge is 0.258 e. The van der Waals surface area contributed by atoms with E-state index in [1.165, 1.54) is 32.1 Å². The molecule has 0 spiro atoms. The van der Waals surface area contributed by atoms with Crippen molar-refractivity contribution in [1.82, 2.24) is 24.6 Å². The number of unbranched alkanes of at least 4 members (excludes halogenated alkanes) is 5. The van der Waals surface area contributed by atoms with Gasteiger partial charge < -0.3 is 0 Å². The number of aryl methyl sites for hydroxylation is 1. The van der Waals surface area contributed by atoms with Crippen LogP contribution >= 0.6 is 0 Å². The van der Waals surface area contributed by atoms with E-state index in [4.69, 9.17) is 0 Å². The van der Waals surface area contributed by atoms with Crippen molar-refractivity contribution in [3.05, 3.63) is 48.2 Å². The molecule has 25 heavy (non-hydrogen) atoms. The van der Waals surface area contributed by atoms with Gasteiger partial charge in [0.25, 0.3) is 0 Å². The van der Waals surface area contributed by atoms with Gasteiger partial charge in [-0.25, -0.2) is 9.50 Å². The lowest BCUT2D eigenvalue weighted by Gasteiger charge is -1.97. The van der Waals surface area contributed by atoms with E-state index in [2.05, 4.69) is 39.1 Å². The third-order valence-electron chi connectivity index (χ3n) is 4.23. The molecule has 0 saturated carbocycles. The zero-order valence-corrected chi connectivity index (χ0v) is 15.0. The number of aromatic nitrogens is 5. The number of nitrogens with zero attached hydrogens (tertiary/aromatic N) is 5. The van der Waals surface area contributed by atoms with Crippen LogP contribution in [0.2, 0.25) is 0 Å². The SMILES string of the molecule is CCCCCCC/C=C/c1ccn2nc(-c3nccnc3C)cc2n1. The fourth-order valence-corrected chi connectivity index (χ4v) is 2.83. The molecule has 5 heteroatoms. The van der Waals surface area contributed by atoms with Crippen LogP contribution in [-0.2, 0) is 0 Å². The second kappa shape index (κ2) is 8.51. The van der Waals surface area contributed by atoms with E-state index in [-0.39, 0.29) is 0 Å². The molecule has 0 aliphatic heterocycles. The Hall–Kier alpha value is -2.56. The molecule has 0 radical (unpaired) electrons. The topological polar surface area (TPSA) is 56.0 Å². The highest BCUT2D eigenvalue weighted by atomic mass is 15.2. The average Bonchev–Trinajstić information content (AvgIpc) is 3.04. The highest BCUT2D eigenvalue weighted by molar-refractivity contribution is 5.63. The van der Waals surface area contributed by atoms with E-state index in [1.54, 1.807) is 16.9 Å². The number of allylic oxidation sites excluding steroid dienone is 1. The molecular weight excluding hydrogens is 310 g/mol. The van der Waals surface area contributed by atoms with Gasteiger partial charge in [0, 0.05) is 24.7 Å². The molecule has 3 heterocycles. The maximum absolute atomic E-state index is 4.66. The Kier molecular flexibility index (Phi) is 5.88. The fourth-order valence-electron chi connectivity index (χ4n) is 2.83. The Bertz CT molecular complexity index is 850. The van der Waals surface area contributed by atoms with Crippen LogP contribution in [0.15, 0.2) is 36.8 Å². The van der Waals surface area contributed by atoms with Gasteiger partial charge in [0.15, 0.2) is 5.65 Å². The van der Waals surface area contributed by atoms with Crippen LogP contribution in [0, 0.1) is 6.92 Å². The Labute approximate surface area is 148 Å². The molecule has 0 fully saturated rings. The molecule has 3 aromatic rings. The molecule has 130 valence electrons. The predicted molar refractivity (Wildman–Crippen MR) is 101 cm³/mol. The van der Waals surface area contributed by atoms with Gasteiger partial charge in [-0.15, -0.1) is 0 Å². The molecule has 5 nitrogen and oxygen atoms in total. The van der Waals surface area contributed by atoms with Gasteiger partial charge in [-0.1, -0.05) is 38.7 Å². The van der Waals surface area contributed by atoms with Crippen molar-refractivity contribution in [2.75, 3.05) is 0 Å². The summed E-state index contributed by atoms with van der Waals surface area (Å²) in [5.74, 6) is 0. The minimum atomic E-state index is 0.801.